The average Bonchev–Trinajstić information content (AvgIpc) is 2.63. The van der Waals surface area contributed by atoms with E-state index in [9.17, 15) is 4.57 Å². The predicted molar refractivity (Wildman–Crippen MR) is 123 cm³/mol. The fraction of sp³-hybridized carbons (Fsp3) is 0.652. The lowest BCUT2D eigenvalue weighted by atomic mass is 10.0. The topological polar surface area (TPSA) is 96.2 Å². The normalized spacial score (nSPS) is 14.7. The van der Waals surface area contributed by atoms with E-state index < -0.39 is 13.9 Å². The SMILES string of the molecule is CC(C)=CCC/C(C)=C/CC/C(C)=C/CC/C(C)=C/COC(CO)COP(=O)(O)O. The van der Waals surface area contributed by atoms with Crippen LogP contribution in [0.5, 0.6) is 0 Å². The Labute approximate surface area is 182 Å². The fourth-order valence-corrected chi connectivity index (χ4v) is 3.01. The molecule has 0 aromatic carbocycles. The molecular weight excluding hydrogens is 403 g/mol. The minimum absolute atomic E-state index is 0.265. The number of allylic oxidation sites excluding steroid dienone is 7. The molecule has 0 rings (SSSR count). The molecular formula is C23H41O6P. The zero-order valence-electron chi connectivity index (χ0n) is 19.3. The molecule has 0 saturated carbocycles. The monoisotopic (exact) mass is 444 g/mol. The van der Waals surface area contributed by atoms with Crippen LogP contribution in [0.4, 0.5) is 0 Å². The standard InChI is InChI=1S/C23H41O6P/c1-19(2)9-6-10-20(3)11-7-12-21(4)13-8-14-22(5)15-16-28-23(17-24)18-29-30(25,26)27/h9,11,13,15,23-24H,6-8,10,12,14,16-18H2,1-5H3,(H2,25,26,27)/b20-11+,21-13+,22-15+. The third-order valence-corrected chi connectivity index (χ3v) is 5.04. The van der Waals surface area contributed by atoms with Crippen LogP contribution in [0.1, 0.15) is 73.1 Å². The van der Waals surface area contributed by atoms with Gasteiger partial charge in [0.1, 0.15) is 6.10 Å². The highest BCUT2D eigenvalue weighted by Gasteiger charge is 2.17. The molecule has 0 aromatic rings. The van der Waals surface area contributed by atoms with Gasteiger partial charge < -0.3 is 19.6 Å². The van der Waals surface area contributed by atoms with Crippen LogP contribution in [-0.2, 0) is 13.8 Å². The zero-order chi connectivity index (χ0) is 23.0. The van der Waals surface area contributed by atoms with Gasteiger partial charge in [-0.25, -0.2) is 4.57 Å². The molecule has 3 N–H and O–H groups in total. The van der Waals surface area contributed by atoms with Gasteiger partial charge >= 0.3 is 7.82 Å². The van der Waals surface area contributed by atoms with Gasteiger partial charge in [-0.3, -0.25) is 4.52 Å². The summed E-state index contributed by atoms with van der Waals surface area (Å²) in [5.41, 5.74) is 5.38. The minimum Gasteiger partial charge on any atom is -0.394 e. The van der Waals surface area contributed by atoms with Gasteiger partial charge in [0, 0.05) is 0 Å². The molecule has 0 aliphatic heterocycles. The summed E-state index contributed by atoms with van der Waals surface area (Å²) in [6, 6.07) is 0. The second-order valence-electron chi connectivity index (χ2n) is 7.97. The number of aliphatic hydroxyl groups excluding tert-OH is 1. The Kier molecular flexibility index (Phi) is 16.1. The van der Waals surface area contributed by atoms with Gasteiger partial charge in [0.05, 0.1) is 19.8 Å². The summed E-state index contributed by atoms with van der Waals surface area (Å²) in [4.78, 5) is 17.4. The van der Waals surface area contributed by atoms with E-state index >= 15 is 0 Å². The molecule has 1 unspecified atom stereocenters. The van der Waals surface area contributed by atoms with E-state index in [1.54, 1.807) is 0 Å². The van der Waals surface area contributed by atoms with Crippen molar-refractivity contribution in [2.75, 3.05) is 19.8 Å². The Morgan fingerprint density at radius 3 is 1.73 bits per heavy atom. The van der Waals surface area contributed by atoms with Crippen molar-refractivity contribution in [3.63, 3.8) is 0 Å². The van der Waals surface area contributed by atoms with Crippen LogP contribution in [0.15, 0.2) is 46.6 Å². The Hall–Kier alpha value is -1.01. The van der Waals surface area contributed by atoms with Gasteiger partial charge in [-0.05, 0) is 73.1 Å². The third-order valence-electron chi connectivity index (χ3n) is 4.55. The largest absolute Gasteiger partial charge is 0.469 e. The molecule has 0 aromatic heterocycles. The second-order valence-corrected chi connectivity index (χ2v) is 9.21. The molecule has 1 atom stereocenters. The van der Waals surface area contributed by atoms with Crippen LogP contribution < -0.4 is 0 Å². The Balaban J connectivity index is 4.13. The second kappa shape index (κ2) is 16.7. The number of hydrogen-bond donors (Lipinski definition) is 3. The molecule has 7 heteroatoms. The quantitative estimate of drug-likeness (QED) is 0.211. The lowest BCUT2D eigenvalue weighted by Crippen LogP contribution is -2.23. The third kappa shape index (κ3) is 19.0. The maximum atomic E-state index is 10.7. The van der Waals surface area contributed by atoms with E-state index in [0.29, 0.717) is 0 Å². The van der Waals surface area contributed by atoms with Gasteiger partial charge in [-0.15, -0.1) is 0 Å². The van der Waals surface area contributed by atoms with Gasteiger partial charge in [0.15, 0.2) is 0 Å². The summed E-state index contributed by atoms with van der Waals surface area (Å²) in [6.45, 7) is 10.2. The lowest BCUT2D eigenvalue weighted by Gasteiger charge is -2.15. The van der Waals surface area contributed by atoms with Crippen LogP contribution in [0, 0.1) is 0 Å². The number of ether oxygens (including phenoxy) is 1. The summed E-state index contributed by atoms with van der Waals surface area (Å²) in [7, 11) is -4.55. The smallest absolute Gasteiger partial charge is 0.394 e. The molecule has 30 heavy (non-hydrogen) atoms. The number of aliphatic hydroxyl groups is 1. The van der Waals surface area contributed by atoms with Crippen LogP contribution in [0.25, 0.3) is 0 Å². The molecule has 0 radical (unpaired) electrons. The average molecular weight is 445 g/mol. The van der Waals surface area contributed by atoms with Gasteiger partial charge in [0.2, 0.25) is 0 Å². The first-order valence-electron chi connectivity index (χ1n) is 10.6. The maximum absolute atomic E-state index is 10.7. The molecule has 0 amide bonds. The summed E-state index contributed by atoms with van der Waals surface area (Å²) in [5, 5.41) is 9.17. The van der Waals surface area contributed by atoms with E-state index in [0.717, 1.165) is 38.5 Å². The van der Waals surface area contributed by atoms with E-state index in [2.05, 4.69) is 50.4 Å². The number of hydrogen-bond acceptors (Lipinski definition) is 4. The Morgan fingerprint density at radius 2 is 1.30 bits per heavy atom. The summed E-state index contributed by atoms with van der Waals surface area (Å²) >= 11 is 0. The molecule has 0 bridgehead atoms. The van der Waals surface area contributed by atoms with Crippen molar-refractivity contribution < 1.29 is 28.7 Å². The molecule has 0 aliphatic rings. The molecule has 0 heterocycles. The lowest BCUT2D eigenvalue weighted by molar-refractivity contribution is -0.00741. The number of phosphoric acid groups is 1. The van der Waals surface area contributed by atoms with Crippen LogP contribution in [0.2, 0.25) is 0 Å². The van der Waals surface area contributed by atoms with Crippen LogP contribution in [-0.4, -0.2) is 40.8 Å². The van der Waals surface area contributed by atoms with E-state index in [1.165, 1.54) is 22.3 Å². The molecule has 0 fully saturated rings. The first-order chi connectivity index (χ1) is 14.0. The summed E-state index contributed by atoms with van der Waals surface area (Å²) < 4.78 is 20.4. The van der Waals surface area contributed by atoms with Crippen molar-refractivity contribution in [1.29, 1.82) is 0 Å². The van der Waals surface area contributed by atoms with Gasteiger partial charge in [-0.2, -0.15) is 0 Å². The first-order valence-corrected chi connectivity index (χ1v) is 12.1. The predicted octanol–water partition coefficient (Wildman–Crippen LogP) is 5.62. The van der Waals surface area contributed by atoms with Crippen molar-refractivity contribution in [3.8, 4) is 0 Å². The summed E-state index contributed by atoms with van der Waals surface area (Å²) in [6.07, 6.45) is 14.3. The zero-order valence-corrected chi connectivity index (χ0v) is 20.2. The van der Waals surface area contributed by atoms with Crippen molar-refractivity contribution in [3.05, 3.63) is 46.6 Å². The van der Waals surface area contributed by atoms with Crippen molar-refractivity contribution in [1.82, 2.24) is 0 Å². The van der Waals surface area contributed by atoms with Crippen molar-refractivity contribution >= 4 is 7.82 Å². The fourth-order valence-electron chi connectivity index (χ4n) is 2.65. The molecule has 0 spiro atoms. The molecule has 0 aliphatic carbocycles. The maximum Gasteiger partial charge on any atom is 0.469 e. The van der Waals surface area contributed by atoms with Crippen molar-refractivity contribution in [2.45, 2.75) is 79.2 Å². The van der Waals surface area contributed by atoms with E-state index in [1.807, 2.05) is 13.0 Å². The van der Waals surface area contributed by atoms with Crippen molar-refractivity contribution in [2.24, 2.45) is 0 Å². The Bertz CT molecular complexity index is 638. The van der Waals surface area contributed by atoms with Crippen LogP contribution in [0.3, 0.4) is 0 Å². The molecule has 6 nitrogen and oxygen atoms in total. The summed E-state index contributed by atoms with van der Waals surface area (Å²) in [5.74, 6) is 0. The van der Waals surface area contributed by atoms with Gasteiger partial charge in [0.25, 0.3) is 0 Å². The van der Waals surface area contributed by atoms with E-state index in [4.69, 9.17) is 19.6 Å². The van der Waals surface area contributed by atoms with Gasteiger partial charge in [-0.1, -0.05) is 46.6 Å². The minimum atomic E-state index is -4.55. The number of phosphoric ester groups is 1. The highest BCUT2D eigenvalue weighted by Crippen LogP contribution is 2.35. The molecule has 174 valence electrons. The molecule has 0 saturated heterocycles. The Morgan fingerprint density at radius 1 is 0.833 bits per heavy atom. The van der Waals surface area contributed by atoms with E-state index in [-0.39, 0.29) is 19.8 Å². The van der Waals surface area contributed by atoms with Crippen LogP contribution >= 0.6 is 7.82 Å². The highest BCUT2D eigenvalue weighted by molar-refractivity contribution is 7.46. The highest BCUT2D eigenvalue weighted by atomic mass is 31.2. The first kappa shape index (κ1) is 29.0. The number of rotatable bonds is 16.